The Morgan fingerprint density at radius 1 is 1.16 bits per heavy atom. The highest BCUT2D eigenvalue weighted by Gasteiger charge is 2.11. The van der Waals surface area contributed by atoms with Crippen molar-refractivity contribution in [3.63, 3.8) is 0 Å². The van der Waals surface area contributed by atoms with Gasteiger partial charge in [0.1, 0.15) is 18.5 Å². The van der Waals surface area contributed by atoms with Crippen molar-refractivity contribution < 1.29 is 9.84 Å². The molecule has 1 unspecified atom stereocenters. The third-order valence-corrected chi connectivity index (χ3v) is 3.56. The van der Waals surface area contributed by atoms with Crippen LogP contribution in [0.4, 0.5) is 0 Å². The molecule has 0 saturated heterocycles. The number of aryl methyl sites for hydroxylation is 2. The number of rotatable bonds is 7. The van der Waals surface area contributed by atoms with Gasteiger partial charge in [0.05, 0.1) is 0 Å². The van der Waals surface area contributed by atoms with E-state index in [0.29, 0.717) is 13.2 Å². The summed E-state index contributed by atoms with van der Waals surface area (Å²) in [5, 5.41) is 10.0. The standard InChI is InChI=1S/C16H27NO2/c1-6-17(7-2)10-15(18)11-19-16-9-12(3)8-13(4)14(16)5/h8-9,15,18H,6-7,10-11H2,1-5H3. The van der Waals surface area contributed by atoms with Gasteiger partial charge in [-0.2, -0.15) is 0 Å². The first-order valence-corrected chi connectivity index (χ1v) is 7.09. The van der Waals surface area contributed by atoms with E-state index in [9.17, 15) is 5.11 Å². The van der Waals surface area contributed by atoms with Gasteiger partial charge in [-0.25, -0.2) is 0 Å². The Morgan fingerprint density at radius 2 is 1.79 bits per heavy atom. The zero-order valence-electron chi connectivity index (χ0n) is 12.9. The Hall–Kier alpha value is -1.06. The number of ether oxygens (including phenoxy) is 1. The number of aliphatic hydroxyl groups is 1. The molecule has 0 fully saturated rings. The first-order valence-electron chi connectivity index (χ1n) is 7.09. The summed E-state index contributed by atoms with van der Waals surface area (Å²) < 4.78 is 5.77. The summed E-state index contributed by atoms with van der Waals surface area (Å²) in [5.74, 6) is 0.885. The number of benzene rings is 1. The van der Waals surface area contributed by atoms with Crippen LogP contribution in [0.25, 0.3) is 0 Å². The molecule has 3 heteroatoms. The molecule has 0 saturated carbocycles. The van der Waals surface area contributed by atoms with E-state index in [1.807, 2.05) is 6.07 Å². The van der Waals surface area contributed by atoms with Crippen LogP contribution in [0, 0.1) is 20.8 Å². The Bertz CT molecular complexity index is 400. The highest BCUT2D eigenvalue weighted by Crippen LogP contribution is 2.23. The molecule has 1 aromatic rings. The van der Waals surface area contributed by atoms with E-state index >= 15 is 0 Å². The first kappa shape index (κ1) is 16.0. The summed E-state index contributed by atoms with van der Waals surface area (Å²) >= 11 is 0. The fraction of sp³-hybridized carbons (Fsp3) is 0.625. The van der Waals surface area contributed by atoms with E-state index in [2.05, 4.69) is 45.6 Å². The maximum atomic E-state index is 10.0. The zero-order chi connectivity index (χ0) is 14.4. The molecule has 0 radical (unpaired) electrons. The Kier molecular flexibility index (Phi) is 6.32. The molecule has 0 bridgehead atoms. The van der Waals surface area contributed by atoms with Crippen molar-refractivity contribution in [3.05, 3.63) is 28.8 Å². The van der Waals surface area contributed by atoms with Gasteiger partial charge in [-0.3, -0.25) is 0 Å². The van der Waals surface area contributed by atoms with Crippen molar-refractivity contribution in [2.24, 2.45) is 0 Å². The predicted octanol–water partition coefficient (Wildman–Crippen LogP) is 2.69. The molecule has 0 amide bonds. The summed E-state index contributed by atoms with van der Waals surface area (Å²) in [4.78, 5) is 2.20. The van der Waals surface area contributed by atoms with E-state index in [4.69, 9.17) is 4.74 Å². The quantitative estimate of drug-likeness (QED) is 0.823. The van der Waals surface area contributed by atoms with Gasteiger partial charge in [0.2, 0.25) is 0 Å². The van der Waals surface area contributed by atoms with Crippen molar-refractivity contribution in [2.75, 3.05) is 26.2 Å². The molecule has 1 atom stereocenters. The van der Waals surface area contributed by atoms with Crippen LogP contribution < -0.4 is 4.74 Å². The highest BCUT2D eigenvalue weighted by molar-refractivity contribution is 5.41. The molecule has 0 spiro atoms. The summed E-state index contributed by atoms with van der Waals surface area (Å²) in [7, 11) is 0. The maximum Gasteiger partial charge on any atom is 0.122 e. The monoisotopic (exact) mass is 265 g/mol. The summed E-state index contributed by atoms with van der Waals surface area (Å²) in [6.45, 7) is 13.3. The van der Waals surface area contributed by atoms with Crippen molar-refractivity contribution in [3.8, 4) is 5.75 Å². The van der Waals surface area contributed by atoms with E-state index in [0.717, 1.165) is 24.4 Å². The maximum absolute atomic E-state index is 10.0. The molecule has 1 rings (SSSR count). The zero-order valence-corrected chi connectivity index (χ0v) is 12.9. The SMILES string of the molecule is CCN(CC)CC(O)COc1cc(C)cc(C)c1C. The van der Waals surface area contributed by atoms with E-state index in [-0.39, 0.29) is 0 Å². The second-order valence-electron chi connectivity index (χ2n) is 5.16. The molecule has 19 heavy (non-hydrogen) atoms. The number of hydrogen-bond donors (Lipinski definition) is 1. The fourth-order valence-corrected chi connectivity index (χ4v) is 2.17. The molecule has 3 nitrogen and oxygen atoms in total. The van der Waals surface area contributed by atoms with Crippen LogP contribution in [-0.4, -0.2) is 42.4 Å². The van der Waals surface area contributed by atoms with Crippen LogP contribution >= 0.6 is 0 Å². The average Bonchev–Trinajstić information content (AvgIpc) is 2.38. The molecule has 1 aromatic carbocycles. The second-order valence-corrected chi connectivity index (χ2v) is 5.16. The molecule has 108 valence electrons. The van der Waals surface area contributed by atoms with Crippen molar-refractivity contribution in [1.29, 1.82) is 0 Å². The van der Waals surface area contributed by atoms with Gasteiger partial charge in [0.15, 0.2) is 0 Å². The van der Waals surface area contributed by atoms with Crippen LogP contribution in [0.3, 0.4) is 0 Å². The van der Waals surface area contributed by atoms with Gasteiger partial charge in [0, 0.05) is 6.54 Å². The molecule has 1 N–H and O–H groups in total. The van der Waals surface area contributed by atoms with Gasteiger partial charge in [-0.15, -0.1) is 0 Å². The minimum absolute atomic E-state index is 0.347. The normalized spacial score (nSPS) is 12.8. The number of aliphatic hydroxyl groups excluding tert-OH is 1. The van der Waals surface area contributed by atoms with Crippen molar-refractivity contribution in [2.45, 2.75) is 40.7 Å². The smallest absolute Gasteiger partial charge is 0.122 e. The minimum atomic E-state index is -0.444. The third-order valence-electron chi connectivity index (χ3n) is 3.56. The van der Waals surface area contributed by atoms with E-state index < -0.39 is 6.10 Å². The van der Waals surface area contributed by atoms with Gasteiger partial charge in [-0.05, 0) is 56.6 Å². The molecule has 0 aliphatic rings. The van der Waals surface area contributed by atoms with Crippen LogP contribution in [0.2, 0.25) is 0 Å². The van der Waals surface area contributed by atoms with Gasteiger partial charge in [-0.1, -0.05) is 19.9 Å². The van der Waals surface area contributed by atoms with Crippen LogP contribution in [0.15, 0.2) is 12.1 Å². The van der Waals surface area contributed by atoms with Gasteiger partial charge >= 0.3 is 0 Å². The third kappa shape index (κ3) is 4.84. The molecular weight excluding hydrogens is 238 g/mol. The lowest BCUT2D eigenvalue weighted by atomic mass is 10.1. The first-order chi connectivity index (χ1) is 8.97. The molecule has 0 aromatic heterocycles. The summed E-state index contributed by atoms with van der Waals surface area (Å²) in [5.41, 5.74) is 3.57. The Labute approximate surface area is 117 Å². The topological polar surface area (TPSA) is 32.7 Å². The molecule has 0 aliphatic heterocycles. The van der Waals surface area contributed by atoms with E-state index in [1.54, 1.807) is 0 Å². The average molecular weight is 265 g/mol. The largest absolute Gasteiger partial charge is 0.491 e. The Morgan fingerprint density at radius 3 is 2.37 bits per heavy atom. The van der Waals surface area contributed by atoms with Crippen molar-refractivity contribution in [1.82, 2.24) is 4.90 Å². The predicted molar refractivity (Wildman–Crippen MR) is 79.9 cm³/mol. The number of hydrogen-bond acceptors (Lipinski definition) is 3. The lowest BCUT2D eigenvalue weighted by molar-refractivity contribution is 0.0713. The van der Waals surface area contributed by atoms with Crippen LogP contribution in [0.5, 0.6) is 5.75 Å². The highest BCUT2D eigenvalue weighted by atomic mass is 16.5. The fourth-order valence-electron chi connectivity index (χ4n) is 2.17. The molecule has 0 aliphatic carbocycles. The Balaban J connectivity index is 2.57. The lowest BCUT2D eigenvalue weighted by Gasteiger charge is -2.22. The number of likely N-dealkylation sites (N-methyl/N-ethyl adjacent to an activating group) is 1. The van der Waals surface area contributed by atoms with E-state index in [1.165, 1.54) is 11.1 Å². The summed E-state index contributed by atoms with van der Waals surface area (Å²) in [6, 6.07) is 4.18. The van der Waals surface area contributed by atoms with Crippen LogP contribution in [0.1, 0.15) is 30.5 Å². The number of nitrogens with zero attached hydrogens (tertiary/aromatic N) is 1. The minimum Gasteiger partial charge on any atom is -0.491 e. The lowest BCUT2D eigenvalue weighted by Crippen LogP contribution is -2.35. The van der Waals surface area contributed by atoms with Crippen molar-refractivity contribution >= 4 is 0 Å². The van der Waals surface area contributed by atoms with Gasteiger partial charge in [0.25, 0.3) is 0 Å². The molecular formula is C16H27NO2. The van der Waals surface area contributed by atoms with Gasteiger partial charge < -0.3 is 14.7 Å². The molecule has 0 heterocycles. The summed E-state index contributed by atoms with van der Waals surface area (Å²) in [6.07, 6.45) is -0.444. The van der Waals surface area contributed by atoms with Crippen LogP contribution in [-0.2, 0) is 0 Å². The second kappa shape index (κ2) is 7.51.